The minimum atomic E-state index is -3.40. The van der Waals surface area contributed by atoms with Crippen LogP contribution in [0, 0.1) is 11.8 Å². The van der Waals surface area contributed by atoms with Crippen LogP contribution in [0.5, 0.6) is 0 Å². The van der Waals surface area contributed by atoms with Gasteiger partial charge in [0.15, 0.2) is 5.03 Å². The Hall–Kier alpha value is -0.920. The van der Waals surface area contributed by atoms with E-state index in [1.807, 2.05) is 0 Å². The number of rotatable bonds is 2. The Kier molecular flexibility index (Phi) is 2.91. The minimum Gasteiger partial charge on any atom is -0.335 e. The van der Waals surface area contributed by atoms with Crippen LogP contribution in [0.2, 0.25) is 0 Å². The molecule has 3 atom stereocenters. The summed E-state index contributed by atoms with van der Waals surface area (Å²) in [6, 6.07) is 0.237. The number of aromatic amines is 1. The first kappa shape index (κ1) is 12.1. The summed E-state index contributed by atoms with van der Waals surface area (Å²) < 4.78 is 26.3. The lowest BCUT2D eigenvalue weighted by molar-refractivity contribution is 0.271. The van der Waals surface area contributed by atoms with E-state index in [1.54, 1.807) is 4.31 Å². The highest BCUT2D eigenvalue weighted by Gasteiger charge is 2.42. The maximum atomic E-state index is 12.3. The summed E-state index contributed by atoms with van der Waals surface area (Å²) in [6.45, 7) is 1.22. The van der Waals surface area contributed by atoms with E-state index in [4.69, 9.17) is 5.73 Å². The second-order valence-corrected chi connectivity index (χ2v) is 7.24. The largest absolute Gasteiger partial charge is 0.335 e. The summed E-state index contributed by atoms with van der Waals surface area (Å²) in [5, 5.41) is 0.186. The molecule has 1 aromatic heterocycles. The van der Waals surface area contributed by atoms with E-state index in [-0.39, 0.29) is 11.1 Å². The number of aromatic nitrogens is 2. The molecule has 100 valence electrons. The molecule has 0 radical (unpaired) electrons. The highest BCUT2D eigenvalue weighted by Crippen LogP contribution is 2.37. The van der Waals surface area contributed by atoms with Crippen molar-refractivity contribution in [1.82, 2.24) is 14.3 Å². The number of imidazole rings is 1. The SMILES string of the molecule is NC1CC[C@@H]2CN(S(=O)(=O)c3cnc[nH]3)C[C@@H]2C1. The fourth-order valence-electron chi connectivity index (χ4n) is 3.14. The normalized spacial score (nSPS) is 33.5. The number of hydrogen-bond donors (Lipinski definition) is 2. The Balaban J connectivity index is 1.80. The number of fused-ring (bicyclic) bond motifs is 1. The van der Waals surface area contributed by atoms with Crippen LogP contribution in [-0.4, -0.2) is 41.8 Å². The molecule has 1 aliphatic carbocycles. The van der Waals surface area contributed by atoms with Gasteiger partial charge in [-0.15, -0.1) is 0 Å². The molecule has 18 heavy (non-hydrogen) atoms. The van der Waals surface area contributed by atoms with Crippen molar-refractivity contribution in [3.05, 3.63) is 12.5 Å². The molecule has 2 aliphatic rings. The van der Waals surface area contributed by atoms with Crippen molar-refractivity contribution in [2.75, 3.05) is 13.1 Å². The fourth-order valence-corrected chi connectivity index (χ4v) is 4.59. The number of H-pyrrole nitrogens is 1. The predicted molar refractivity (Wildman–Crippen MR) is 66.2 cm³/mol. The van der Waals surface area contributed by atoms with Gasteiger partial charge in [-0.1, -0.05) is 0 Å². The van der Waals surface area contributed by atoms with Gasteiger partial charge in [0.2, 0.25) is 0 Å². The Morgan fingerprint density at radius 1 is 1.33 bits per heavy atom. The monoisotopic (exact) mass is 270 g/mol. The summed E-state index contributed by atoms with van der Waals surface area (Å²) >= 11 is 0. The third-order valence-corrected chi connectivity index (χ3v) is 5.90. The number of hydrogen-bond acceptors (Lipinski definition) is 4. The van der Waals surface area contributed by atoms with E-state index in [0.29, 0.717) is 24.9 Å². The van der Waals surface area contributed by atoms with E-state index < -0.39 is 10.0 Å². The van der Waals surface area contributed by atoms with Crippen LogP contribution in [0.15, 0.2) is 17.6 Å². The van der Waals surface area contributed by atoms with Gasteiger partial charge in [0, 0.05) is 19.1 Å². The molecule has 7 heteroatoms. The third-order valence-electron chi connectivity index (χ3n) is 4.15. The van der Waals surface area contributed by atoms with Gasteiger partial charge in [-0.2, -0.15) is 4.31 Å². The van der Waals surface area contributed by atoms with Gasteiger partial charge in [-0.3, -0.25) is 0 Å². The van der Waals surface area contributed by atoms with Crippen molar-refractivity contribution in [3.8, 4) is 0 Å². The molecule has 3 N–H and O–H groups in total. The lowest BCUT2D eigenvalue weighted by Crippen LogP contribution is -2.32. The fraction of sp³-hybridized carbons (Fsp3) is 0.727. The summed E-state index contributed by atoms with van der Waals surface area (Å²) in [7, 11) is -3.40. The molecule has 1 saturated heterocycles. The van der Waals surface area contributed by atoms with E-state index >= 15 is 0 Å². The first-order valence-corrected chi connectivity index (χ1v) is 7.75. The molecular formula is C11H18N4O2S. The van der Waals surface area contributed by atoms with E-state index in [2.05, 4.69) is 9.97 Å². The lowest BCUT2D eigenvalue weighted by Gasteiger charge is -2.28. The van der Waals surface area contributed by atoms with Crippen LogP contribution in [-0.2, 0) is 10.0 Å². The second-order valence-electron chi connectivity index (χ2n) is 5.33. The Bertz CT molecular complexity index is 513. The Morgan fingerprint density at radius 2 is 2.11 bits per heavy atom. The zero-order valence-corrected chi connectivity index (χ0v) is 10.9. The predicted octanol–water partition coefficient (Wildman–Crippen LogP) is 0.158. The maximum absolute atomic E-state index is 12.3. The van der Waals surface area contributed by atoms with Gasteiger partial charge in [-0.25, -0.2) is 13.4 Å². The van der Waals surface area contributed by atoms with Crippen molar-refractivity contribution < 1.29 is 8.42 Å². The molecule has 0 spiro atoms. The molecule has 2 heterocycles. The minimum absolute atomic E-state index is 0.186. The van der Waals surface area contributed by atoms with E-state index in [9.17, 15) is 8.42 Å². The van der Waals surface area contributed by atoms with Gasteiger partial charge in [-0.05, 0) is 31.1 Å². The zero-order valence-electron chi connectivity index (χ0n) is 10.1. The van der Waals surface area contributed by atoms with Crippen molar-refractivity contribution in [1.29, 1.82) is 0 Å². The van der Waals surface area contributed by atoms with Crippen molar-refractivity contribution in [2.24, 2.45) is 17.6 Å². The average molecular weight is 270 g/mol. The first-order valence-electron chi connectivity index (χ1n) is 6.31. The van der Waals surface area contributed by atoms with E-state index in [0.717, 1.165) is 19.3 Å². The van der Waals surface area contributed by atoms with E-state index in [1.165, 1.54) is 12.5 Å². The van der Waals surface area contributed by atoms with Gasteiger partial charge < -0.3 is 10.7 Å². The molecule has 1 aromatic rings. The van der Waals surface area contributed by atoms with Crippen molar-refractivity contribution in [3.63, 3.8) is 0 Å². The molecule has 3 rings (SSSR count). The molecule has 6 nitrogen and oxygen atoms in total. The van der Waals surface area contributed by atoms with Crippen molar-refractivity contribution in [2.45, 2.75) is 30.3 Å². The molecule has 1 saturated carbocycles. The topological polar surface area (TPSA) is 92.1 Å². The molecule has 0 bridgehead atoms. The van der Waals surface area contributed by atoms with Crippen LogP contribution in [0.4, 0.5) is 0 Å². The quantitative estimate of drug-likeness (QED) is 0.800. The zero-order chi connectivity index (χ0) is 12.8. The van der Waals surface area contributed by atoms with Gasteiger partial charge >= 0.3 is 0 Å². The van der Waals surface area contributed by atoms with Crippen LogP contribution in [0.3, 0.4) is 0 Å². The molecule has 1 unspecified atom stereocenters. The standard InChI is InChI=1S/C11H18N4O2S/c12-10-2-1-8-5-15(6-9(8)3-10)18(16,17)11-4-13-7-14-11/h4,7-10H,1-3,5-6,12H2,(H,13,14)/t8-,9+,10?/m1/s1. The molecule has 0 aromatic carbocycles. The Morgan fingerprint density at radius 3 is 2.83 bits per heavy atom. The number of nitrogens with zero attached hydrogens (tertiary/aromatic N) is 2. The van der Waals surface area contributed by atoms with Gasteiger partial charge in [0.05, 0.1) is 12.5 Å². The van der Waals surface area contributed by atoms with Crippen LogP contribution >= 0.6 is 0 Å². The highest BCUT2D eigenvalue weighted by molar-refractivity contribution is 7.89. The smallest absolute Gasteiger partial charge is 0.260 e. The van der Waals surface area contributed by atoms with Crippen LogP contribution < -0.4 is 5.73 Å². The summed E-state index contributed by atoms with van der Waals surface area (Å²) in [6.07, 6.45) is 5.76. The van der Waals surface area contributed by atoms with Crippen LogP contribution in [0.25, 0.3) is 0 Å². The molecule has 0 amide bonds. The number of nitrogens with one attached hydrogen (secondary N) is 1. The summed E-state index contributed by atoms with van der Waals surface area (Å²) in [5.74, 6) is 0.897. The molecule has 2 fully saturated rings. The molecule has 1 aliphatic heterocycles. The third kappa shape index (κ3) is 1.96. The number of sulfonamides is 1. The summed E-state index contributed by atoms with van der Waals surface area (Å²) in [4.78, 5) is 6.46. The summed E-state index contributed by atoms with van der Waals surface area (Å²) in [5.41, 5.74) is 5.96. The Labute approximate surface area is 107 Å². The average Bonchev–Trinajstić information content (AvgIpc) is 2.97. The van der Waals surface area contributed by atoms with Gasteiger partial charge in [0.25, 0.3) is 10.0 Å². The lowest BCUT2D eigenvalue weighted by atomic mass is 9.79. The van der Waals surface area contributed by atoms with Crippen LogP contribution in [0.1, 0.15) is 19.3 Å². The first-order chi connectivity index (χ1) is 8.57. The number of nitrogens with two attached hydrogens (primary N) is 1. The molecular weight excluding hydrogens is 252 g/mol. The van der Waals surface area contributed by atoms with Crippen molar-refractivity contribution >= 4 is 10.0 Å². The van der Waals surface area contributed by atoms with Gasteiger partial charge in [0.1, 0.15) is 0 Å². The highest BCUT2D eigenvalue weighted by atomic mass is 32.2. The second kappa shape index (κ2) is 4.32. The maximum Gasteiger partial charge on any atom is 0.260 e.